The average molecular weight is 387 g/mol. The van der Waals surface area contributed by atoms with Gasteiger partial charge in [0.1, 0.15) is 5.69 Å². The van der Waals surface area contributed by atoms with Crippen molar-refractivity contribution in [2.24, 2.45) is 11.8 Å². The third kappa shape index (κ3) is 4.12. The summed E-state index contributed by atoms with van der Waals surface area (Å²) in [6, 6.07) is 13.5. The molecule has 0 spiro atoms. The molecule has 2 amide bonds. The number of nitrogens with zero attached hydrogens (tertiary/aromatic N) is 1. The molecule has 0 radical (unpaired) electrons. The van der Waals surface area contributed by atoms with E-state index in [-0.39, 0.29) is 36.0 Å². The van der Waals surface area contributed by atoms with Gasteiger partial charge in [-0.2, -0.15) is 0 Å². The lowest BCUT2D eigenvalue weighted by Gasteiger charge is -2.11. The van der Waals surface area contributed by atoms with Crippen molar-refractivity contribution in [3.8, 4) is 0 Å². The zero-order chi connectivity index (χ0) is 18.1. The standard InChI is InChI=1S/C20H22N4O2.ClH/c1-21-20(26)17-9-13(19(25)24-18-15-10-22-11-16(15)18)8-14(23-17)7-12-5-3-2-4-6-12;/h2-6,8-9,15-16,18,22H,7,10-11H2,1H3,(H,21,26)(H,24,25);1H/t15-,16+,18?;. The van der Waals surface area contributed by atoms with E-state index in [4.69, 9.17) is 0 Å². The van der Waals surface area contributed by atoms with Gasteiger partial charge in [-0.1, -0.05) is 30.3 Å². The largest absolute Gasteiger partial charge is 0.354 e. The second-order valence-electron chi connectivity index (χ2n) is 6.96. The van der Waals surface area contributed by atoms with Gasteiger partial charge in [-0.05, 0) is 29.5 Å². The van der Waals surface area contributed by atoms with E-state index in [1.54, 1.807) is 19.2 Å². The Bertz CT molecular complexity index is 833. The maximum Gasteiger partial charge on any atom is 0.269 e. The molecule has 1 aliphatic carbocycles. The van der Waals surface area contributed by atoms with E-state index in [2.05, 4.69) is 20.9 Å². The molecule has 2 heterocycles. The molecule has 27 heavy (non-hydrogen) atoms. The summed E-state index contributed by atoms with van der Waals surface area (Å²) in [5, 5.41) is 9.01. The predicted octanol–water partition coefficient (Wildman–Crippen LogP) is 1.40. The van der Waals surface area contributed by atoms with Crippen LogP contribution in [0, 0.1) is 11.8 Å². The van der Waals surface area contributed by atoms with Gasteiger partial charge in [0.2, 0.25) is 0 Å². The molecule has 2 aliphatic rings. The SMILES string of the molecule is CNC(=O)c1cc(C(=O)NC2[C@H]3CNC[C@@H]23)cc(Cc2ccccc2)n1.Cl. The first-order valence-electron chi connectivity index (χ1n) is 8.94. The van der Waals surface area contributed by atoms with Crippen LogP contribution in [0.1, 0.15) is 32.1 Å². The van der Waals surface area contributed by atoms with Crippen LogP contribution >= 0.6 is 12.4 Å². The van der Waals surface area contributed by atoms with E-state index in [0.717, 1.165) is 18.7 Å². The highest BCUT2D eigenvalue weighted by Gasteiger charge is 2.53. The Balaban J connectivity index is 0.00000210. The number of pyridine rings is 1. The number of hydrogen-bond donors (Lipinski definition) is 3. The van der Waals surface area contributed by atoms with E-state index in [1.807, 2.05) is 30.3 Å². The molecule has 4 rings (SSSR count). The van der Waals surface area contributed by atoms with Crippen molar-refractivity contribution in [1.82, 2.24) is 20.9 Å². The maximum atomic E-state index is 12.7. The van der Waals surface area contributed by atoms with Gasteiger partial charge in [-0.3, -0.25) is 9.59 Å². The molecule has 3 N–H and O–H groups in total. The lowest BCUT2D eigenvalue weighted by Crippen LogP contribution is -2.33. The summed E-state index contributed by atoms with van der Waals surface area (Å²) in [6.45, 7) is 1.93. The van der Waals surface area contributed by atoms with Gasteiger partial charge in [0.15, 0.2) is 0 Å². The number of carbonyl (C=O) groups is 2. The zero-order valence-corrected chi connectivity index (χ0v) is 15.9. The summed E-state index contributed by atoms with van der Waals surface area (Å²) < 4.78 is 0. The van der Waals surface area contributed by atoms with Crippen LogP contribution in [0.4, 0.5) is 0 Å². The first-order valence-corrected chi connectivity index (χ1v) is 8.94. The minimum absolute atomic E-state index is 0. The van der Waals surface area contributed by atoms with Gasteiger partial charge in [-0.15, -0.1) is 12.4 Å². The summed E-state index contributed by atoms with van der Waals surface area (Å²) in [4.78, 5) is 29.2. The fraction of sp³-hybridized carbons (Fsp3) is 0.350. The summed E-state index contributed by atoms with van der Waals surface area (Å²) in [5.41, 5.74) is 2.55. The second-order valence-corrected chi connectivity index (χ2v) is 6.96. The van der Waals surface area contributed by atoms with E-state index >= 15 is 0 Å². The van der Waals surface area contributed by atoms with Crippen molar-refractivity contribution in [3.63, 3.8) is 0 Å². The monoisotopic (exact) mass is 386 g/mol. The molecule has 2 aromatic rings. The lowest BCUT2D eigenvalue weighted by molar-refractivity contribution is 0.0946. The fourth-order valence-electron chi connectivity index (χ4n) is 3.73. The number of rotatable bonds is 5. The van der Waals surface area contributed by atoms with Crippen LogP contribution in [0.5, 0.6) is 0 Å². The maximum absolute atomic E-state index is 12.7. The molecular formula is C20H23ClN4O2. The lowest BCUT2D eigenvalue weighted by atomic mass is 10.1. The van der Waals surface area contributed by atoms with Gasteiger partial charge in [0.25, 0.3) is 11.8 Å². The number of hydrogen-bond acceptors (Lipinski definition) is 4. The number of aromatic nitrogens is 1. The minimum Gasteiger partial charge on any atom is -0.354 e. The molecule has 1 saturated carbocycles. The first kappa shape index (κ1) is 19.3. The Morgan fingerprint density at radius 2 is 1.81 bits per heavy atom. The number of fused-ring (bicyclic) bond motifs is 1. The van der Waals surface area contributed by atoms with Crippen LogP contribution < -0.4 is 16.0 Å². The van der Waals surface area contributed by atoms with Gasteiger partial charge < -0.3 is 16.0 Å². The first-order chi connectivity index (χ1) is 12.7. The highest BCUT2D eigenvalue weighted by atomic mass is 35.5. The molecule has 2 fully saturated rings. The van der Waals surface area contributed by atoms with Crippen LogP contribution in [0.15, 0.2) is 42.5 Å². The van der Waals surface area contributed by atoms with Crippen molar-refractivity contribution >= 4 is 24.2 Å². The molecule has 1 saturated heterocycles. The van der Waals surface area contributed by atoms with Gasteiger partial charge in [0, 0.05) is 43.9 Å². The fourth-order valence-corrected chi connectivity index (χ4v) is 3.73. The molecule has 1 aromatic heterocycles. The smallest absolute Gasteiger partial charge is 0.269 e. The zero-order valence-electron chi connectivity index (χ0n) is 15.1. The Labute approximate surface area is 164 Å². The molecule has 6 nitrogen and oxygen atoms in total. The Morgan fingerprint density at radius 3 is 2.48 bits per heavy atom. The Hall–Kier alpha value is -2.44. The summed E-state index contributed by atoms with van der Waals surface area (Å²) in [6.07, 6.45) is 0.574. The van der Waals surface area contributed by atoms with Crippen molar-refractivity contribution < 1.29 is 9.59 Å². The van der Waals surface area contributed by atoms with Crippen LogP contribution in [0.25, 0.3) is 0 Å². The number of carbonyl (C=O) groups excluding carboxylic acids is 2. The minimum atomic E-state index is -0.290. The van der Waals surface area contributed by atoms with Crippen LogP contribution in [0.2, 0.25) is 0 Å². The van der Waals surface area contributed by atoms with Crippen molar-refractivity contribution in [3.05, 3.63) is 65.0 Å². The van der Waals surface area contributed by atoms with E-state index in [0.29, 0.717) is 29.5 Å². The molecule has 3 atom stereocenters. The van der Waals surface area contributed by atoms with Crippen LogP contribution in [-0.2, 0) is 6.42 Å². The van der Waals surface area contributed by atoms with Crippen LogP contribution in [-0.4, -0.2) is 43.0 Å². The summed E-state index contributed by atoms with van der Waals surface area (Å²) in [5.74, 6) is 0.665. The summed E-state index contributed by atoms with van der Waals surface area (Å²) in [7, 11) is 1.56. The van der Waals surface area contributed by atoms with Crippen molar-refractivity contribution in [2.45, 2.75) is 12.5 Å². The van der Waals surface area contributed by atoms with Crippen molar-refractivity contribution in [2.75, 3.05) is 20.1 Å². The average Bonchev–Trinajstić information content (AvgIpc) is 3.08. The third-order valence-corrected chi connectivity index (χ3v) is 5.22. The van der Waals surface area contributed by atoms with E-state index in [9.17, 15) is 9.59 Å². The van der Waals surface area contributed by atoms with Crippen molar-refractivity contribution in [1.29, 1.82) is 0 Å². The molecule has 142 valence electrons. The number of benzene rings is 1. The quantitative estimate of drug-likeness (QED) is 0.725. The number of amides is 2. The summed E-state index contributed by atoms with van der Waals surface area (Å²) >= 11 is 0. The normalized spacial score (nSPS) is 22.3. The predicted molar refractivity (Wildman–Crippen MR) is 105 cm³/mol. The van der Waals surface area contributed by atoms with Crippen LogP contribution in [0.3, 0.4) is 0 Å². The molecule has 1 unspecified atom stereocenters. The number of nitrogens with one attached hydrogen (secondary N) is 3. The van der Waals surface area contributed by atoms with Gasteiger partial charge >= 0.3 is 0 Å². The molecule has 1 aliphatic heterocycles. The van der Waals surface area contributed by atoms with Gasteiger partial charge in [0.05, 0.1) is 0 Å². The van der Waals surface area contributed by atoms with Gasteiger partial charge in [-0.25, -0.2) is 4.98 Å². The number of halogens is 1. The Kier molecular flexibility index (Phi) is 5.77. The molecule has 1 aromatic carbocycles. The highest BCUT2D eigenvalue weighted by Crippen LogP contribution is 2.41. The van der Waals surface area contributed by atoms with E-state index in [1.165, 1.54) is 0 Å². The molecular weight excluding hydrogens is 364 g/mol. The third-order valence-electron chi connectivity index (χ3n) is 5.22. The number of piperidine rings is 1. The second kappa shape index (κ2) is 8.06. The van der Waals surface area contributed by atoms with E-state index < -0.39 is 0 Å². The molecule has 7 heteroatoms. The topological polar surface area (TPSA) is 83.1 Å². The molecule has 0 bridgehead atoms. The highest BCUT2D eigenvalue weighted by molar-refractivity contribution is 5.98. The Morgan fingerprint density at radius 1 is 1.11 bits per heavy atom.